The molecular formula is C22H16F3NS. The number of thioether (sulfide) groups is 1. The topological polar surface area (TPSA) is 12.4 Å². The first-order chi connectivity index (χ1) is 13.0. The second-order valence-electron chi connectivity index (χ2n) is 5.83. The van der Waals surface area contributed by atoms with Gasteiger partial charge in [-0.2, -0.15) is 0 Å². The zero-order chi connectivity index (χ0) is 19.2. The maximum atomic E-state index is 14.3. The van der Waals surface area contributed by atoms with Crippen molar-refractivity contribution < 1.29 is 13.2 Å². The molecular weight excluding hydrogens is 367 g/mol. The van der Waals surface area contributed by atoms with Crippen LogP contribution in [0.1, 0.15) is 11.1 Å². The van der Waals surface area contributed by atoms with Crippen LogP contribution in [-0.4, -0.2) is 5.71 Å². The lowest BCUT2D eigenvalue weighted by Gasteiger charge is -2.05. The predicted molar refractivity (Wildman–Crippen MR) is 105 cm³/mol. The average Bonchev–Trinajstić information content (AvgIpc) is 2.66. The van der Waals surface area contributed by atoms with Crippen molar-refractivity contribution in [2.75, 3.05) is 0 Å². The van der Waals surface area contributed by atoms with E-state index in [-0.39, 0.29) is 11.4 Å². The molecule has 1 nitrogen and oxygen atoms in total. The van der Waals surface area contributed by atoms with Crippen LogP contribution in [0.2, 0.25) is 0 Å². The Morgan fingerprint density at radius 2 is 1.52 bits per heavy atom. The van der Waals surface area contributed by atoms with Crippen LogP contribution in [0.15, 0.2) is 88.1 Å². The van der Waals surface area contributed by atoms with Gasteiger partial charge in [-0.3, -0.25) is 0 Å². The average molecular weight is 383 g/mol. The third kappa shape index (κ3) is 5.34. The molecule has 3 rings (SSSR count). The summed E-state index contributed by atoms with van der Waals surface area (Å²) in [4.78, 5) is 5.29. The highest BCUT2D eigenvalue weighted by Gasteiger charge is 2.09. The minimum atomic E-state index is -0.557. The molecule has 3 aromatic carbocycles. The Morgan fingerprint density at radius 3 is 2.22 bits per heavy atom. The minimum Gasteiger partial charge on any atom is -0.248 e. The Hall–Kier alpha value is -2.79. The van der Waals surface area contributed by atoms with E-state index in [1.807, 2.05) is 31.2 Å². The normalized spacial score (nSPS) is 11.9. The maximum Gasteiger partial charge on any atom is 0.132 e. The lowest BCUT2D eigenvalue weighted by Crippen LogP contribution is -2.01. The van der Waals surface area contributed by atoms with Gasteiger partial charge < -0.3 is 0 Å². The summed E-state index contributed by atoms with van der Waals surface area (Å²) in [5.41, 5.74) is 2.09. The van der Waals surface area contributed by atoms with Crippen LogP contribution in [0.5, 0.6) is 0 Å². The number of benzene rings is 3. The summed E-state index contributed by atoms with van der Waals surface area (Å²) in [6.45, 7) is 1.96. The van der Waals surface area contributed by atoms with Crippen LogP contribution in [0, 0.1) is 24.4 Å². The van der Waals surface area contributed by atoms with Gasteiger partial charge in [0.05, 0.1) is 11.4 Å². The second-order valence-corrected chi connectivity index (χ2v) is 6.81. The quantitative estimate of drug-likeness (QED) is 0.347. The summed E-state index contributed by atoms with van der Waals surface area (Å²) in [5.74, 6) is -1.41. The van der Waals surface area contributed by atoms with Crippen LogP contribution in [0.4, 0.5) is 18.9 Å². The molecule has 0 atom stereocenters. The second kappa shape index (κ2) is 8.73. The molecule has 5 heteroatoms. The van der Waals surface area contributed by atoms with E-state index in [4.69, 9.17) is 0 Å². The SMILES string of the molecule is Cc1ccc(/N=C(/C=C/Sc2ccc(F)cc2)c2cc(F)ccc2F)cc1. The van der Waals surface area contributed by atoms with Gasteiger partial charge in [-0.25, -0.2) is 18.2 Å². The van der Waals surface area contributed by atoms with E-state index in [2.05, 4.69) is 4.99 Å². The molecule has 0 heterocycles. The Bertz CT molecular complexity index is 977. The third-order valence-corrected chi connectivity index (χ3v) is 4.55. The fraction of sp³-hybridized carbons (Fsp3) is 0.0455. The maximum absolute atomic E-state index is 14.3. The Labute approximate surface area is 160 Å². The fourth-order valence-corrected chi connectivity index (χ4v) is 2.98. The van der Waals surface area contributed by atoms with Crippen molar-refractivity contribution in [1.29, 1.82) is 0 Å². The number of aliphatic imine (C=N–C) groups is 1. The lowest BCUT2D eigenvalue weighted by molar-refractivity contribution is 0.598. The predicted octanol–water partition coefficient (Wildman–Crippen LogP) is 6.84. The van der Waals surface area contributed by atoms with Gasteiger partial charge in [-0.1, -0.05) is 29.5 Å². The van der Waals surface area contributed by atoms with Gasteiger partial charge in [0, 0.05) is 10.5 Å². The van der Waals surface area contributed by atoms with E-state index in [0.29, 0.717) is 11.4 Å². The third-order valence-electron chi connectivity index (χ3n) is 3.73. The highest BCUT2D eigenvalue weighted by atomic mass is 32.2. The molecule has 0 N–H and O–H groups in total. The summed E-state index contributed by atoms with van der Waals surface area (Å²) >= 11 is 1.33. The number of rotatable bonds is 5. The van der Waals surface area contributed by atoms with Crippen molar-refractivity contribution in [3.63, 3.8) is 0 Å². The van der Waals surface area contributed by atoms with Gasteiger partial charge in [0.1, 0.15) is 17.5 Å². The smallest absolute Gasteiger partial charge is 0.132 e. The van der Waals surface area contributed by atoms with Gasteiger partial charge in [-0.15, -0.1) is 0 Å². The van der Waals surface area contributed by atoms with E-state index < -0.39 is 11.6 Å². The van der Waals surface area contributed by atoms with E-state index in [1.165, 1.54) is 23.9 Å². The number of hydrogen-bond donors (Lipinski definition) is 0. The van der Waals surface area contributed by atoms with Crippen LogP contribution in [0.3, 0.4) is 0 Å². The van der Waals surface area contributed by atoms with E-state index in [9.17, 15) is 13.2 Å². The first kappa shape index (κ1) is 19.0. The highest BCUT2D eigenvalue weighted by Crippen LogP contribution is 2.22. The van der Waals surface area contributed by atoms with Crippen molar-refractivity contribution in [1.82, 2.24) is 0 Å². The van der Waals surface area contributed by atoms with Crippen molar-refractivity contribution >= 4 is 23.2 Å². The molecule has 0 saturated carbocycles. The highest BCUT2D eigenvalue weighted by molar-refractivity contribution is 8.02. The zero-order valence-corrected chi connectivity index (χ0v) is 15.3. The molecule has 0 aliphatic carbocycles. The van der Waals surface area contributed by atoms with E-state index >= 15 is 0 Å². The number of hydrogen-bond acceptors (Lipinski definition) is 2. The molecule has 0 spiro atoms. The monoisotopic (exact) mass is 383 g/mol. The molecule has 27 heavy (non-hydrogen) atoms. The van der Waals surface area contributed by atoms with Gasteiger partial charge in [0.15, 0.2) is 0 Å². The number of halogens is 3. The zero-order valence-electron chi connectivity index (χ0n) is 14.5. The van der Waals surface area contributed by atoms with Crippen molar-refractivity contribution in [3.8, 4) is 0 Å². The molecule has 0 aliphatic rings. The summed E-state index contributed by atoms with van der Waals surface area (Å²) in [7, 11) is 0. The van der Waals surface area contributed by atoms with E-state index in [0.717, 1.165) is 28.7 Å². The van der Waals surface area contributed by atoms with Gasteiger partial charge in [0.2, 0.25) is 0 Å². The van der Waals surface area contributed by atoms with Crippen LogP contribution in [-0.2, 0) is 0 Å². The number of nitrogens with zero attached hydrogens (tertiary/aromatic N) is 1. The summed E-state index contributed by atoms with van der Waals surface area (Å²) < 4.78 is 40.9. The van der Waals surface area contributed by atoms with Crippen molar-refractivity contribution in [3.05, 3.63) is 107 Å². The van der Waals surface area contributed by atoms with Crippen LogP contribution >= 0.6 is 11.8 Å². The Kier molecular flexibility index (Phi) is 6.14. The van der Waals surface area contributed by atoms with Gasteiger partial charge >= 0.3 is 0 Å². The standard InChI is InChI=1S/C22H16F3NS/c1-15-2-7-18(8-3-15)26-22(20-14-17(24)6-11-21(20)25)12-13-27-19-9-4-16(23)5-10-19/h2-14H,1H3/b13-12+,26-22-. The molecule has 0 aromatic heterocycles. The van der Waals surface area contributed by atoms with Crippen LogP contribution < -0.4 is 0 Å². The molecule has 0 aliphatic heterocycles. The van der Waals surface area contributed by atoms with Crippen molar-refractivity contribution in [2.24, 2.45) is 4.99 Å². The van der Waals surface area contributed by atoms with Crippen molar-refractivity contribution in [2.45, 2.75) is 11.8 Å². The molecule has 0 amide bonds. The molecule has 0 unspecified atom stereocenters. The first-order valence-electron chi connectivity index (χ1n) is 8.21. The minimum absolute atomic E-state index is 0.0755. The fourth-order valence-electron chi connectivity index (χ4n) is 2.33. The molecule has 0 saturated heterocycles. The molecule has 0 bridgehead atoms. The Morgan fingerprint density at radius 1 is 0.852 bits per heavy atom. The lowest BCUT2D eigenvalue weighted by atomic mass is 10.1. The first-order valence-corrected chi connectivity index (χ1v) is 9.09. The Balaban J connectivity index is 1.93. The molecule has 3 aromatic rings. The summed E-state index contributed by atoms with van der Waals surface area (Å²) in [5, 5.41) is 1.71. The number of allylic oxidation sites excluding steroid dienone is 1. The molecule has 0 radical (unpaired) electrons. The molecule has 136 valence electrons. The largest absolute Gasteiger partial charge is 0.248 e. The van der Waals surface area contributed by atoms with Crippen LogP contribution in [0.25, 0.3) is 0 Å². The van der Waals surface area contributed by atoms with Gasteiger partial charge in [0.25, 0.3) is 0 Å². The van der Waals surface area contributed by atoms with Gasteiger partial charge in [-0.05, 0) is 73.0 Å². The summed E-state index contributed by atoms with van der Waals surface area (Å²) in [6, 6.07) is 16.7. The molecule has 0 fully saturated rings. The van der Waals surface area contributed by atoms with E-state index in [1.54, 1.807) is 23.6 Å². The summed E-state index contributed by atoms with van der Waals surface area (Å²) in [6.07, 6.45) is 1.62. The number of aryl methyl sites for hydroxylation is 1.